The summed E-state index contributed by atoms with van der Waals surface area (Å²) >= 11 is 0. The van der Waals surface area contributed by atoms with Crippen molar-refractivity contribution in [2.45, 2.75) is 52.1 Å². The Balaban J connectivity index is 1.99. The van der Waals surface area contributed by atoms with Crippen LogP contribution in [0.2, 0.25) is 0 Å². The Labute approximate surface area is 126 Å². The summed E-state index contributed by atoms with van der Waals surface area (Å²) in [5, 5.41) is 8.69. The fraction of sp³-hybridized carbons (Fsp3) is 0.529. The predicted molar refractivity (Wildman–Crippen MR) is 84.9 cm³/mol. The molecule has 112 valence electrons. The standard InChI is InChI=1S/C17H24N4/c1-11-9-14(18)16-20-19-15(21(16)10-11)12-5-7-13(8-6-12)17(2,3)4/h5-8,11,14H,9-10,18H2,1-4H3. The fourth-order valence-electron chi connectivity index (χ4n) is 3.03. The van der Waals surface area contributed by atoms with E-state index in [9.17, 15) is 0 Å². The molecule has 21 heavy (non-hydrogen) atoms. The van der Waals surface area contributed by atoms with Crippen LogP contribution in [0.4, 0.5) is 0 Å². The number of hydrogen-bond acceptors (Lipinski definition) is 3. The van der Waals surface area contributed by atoms with Crippen LogP contribution in [0.25, 0.3) is 11.4 Å². The molecule has 0 bridgehead atoms. The zero-order chi connectivity index (χ0) is 15.2. The maximum absolute atomic E-state index is 6.19. The van der Waals surface area contributed by atoms with Crippen molar-refractivity contribution in [1.82, 2.24) is 14.8 Å². The third-order valence-corrected chi connectivity index (χ3v) is 4.27. The average Bonchev–Trinajstić information content (AvgIpc) is 2.82. The van der Waals surface area contributed by atoms with Crippen molar-refractivity contribution in [3.63, 3.8) is 0 Å². The van der Waals surface area contributed by atoms with Gasteiger partial charge in [0.05, 0.1) is 6.04 Å². The van der Waals surface area contributed by atoms with Gasteiger partial charge in [-0.15, -0.1) is 10.2 Å². The van der Waals surface area contributed by atoms with Gasteiger partial charge >= 0.3 is 0 Å². The van der Waals surface area contributed by atoms with Crippen LogP contribution >= 0.6 is 0 Å². The van der Waals surface area contributed by atoms with Crippen molar-refractivity contribution in [3.8, 4) is 11.4 Å². The summed E-state index contributed by atoms with van der Waals surface area (Å²) in [7, 11) is 0. The van der Waals surface area contributed by atoms with E-state index in [2.05, 4.69) is 66.7 Å². The van der Waals surface area contributed by atoms with Crippen LogP contribution in [-0.2, 0) is 12.0 Å². The molecular formula is C17H24N4. The third-order valence-electron chi connectivity index (χ3n) is 4.27. The lowest BCUT2D eigenvalue weighted by Gasteiger charge is -2.25. The second-order valence-electron chi connectivity index (χ2n) is 7.27. The van der Waals surface area contributed by atoms with E-state index in [1.54, 1.807) is 0 Å². The summed E-state index contributed by atoms with van der Waals surface area (Å²) in [5.74, 6) is 2.42. The molecule has 0 spiro atoms. The van der Waals surface area contributed by atoms with Gasteiger partial charge in [-0.2, -0.15) is 0 Å². The molecule has 2 aromatic rings. The van der Waals surface area contributed by atoms with Crippen LogP contribution in [0.15, 0.2) is 24.3 Å². The maximum Gasteiger partial charge on any atom is 0.164 e. The monoisotopic (exact) mass is 284 g/mol. The van der Waals surface area contributed by atoms with Crippen LogP contribution in [-0.4, -0.2) is 14.8 Å². The summed E-state index contributed by atoms with van der Waals surface area (Å²) in [5.41, 5.74) is 8.79. The first-order chi connectivity index (χ1) is 9.86. The highest BCUT2D eigenvalue weighted by Crippen LogP contribution is 2.31. The van der Waals surface area contributed by atoms with Gasteiger partial charge in [0.1, 0.15) is 5.82 Å². The van der Waals surface area contributed by atoms with E-state index in [4.69, 9.17) is 5.73 Å². The molecule has 2 N–H and O–H groups in total. The first-order valence-corrected chi connectivity index (χ1v) is 7.66. The highest BCUT2D eigenvalue weighted by atomic mass is 15.3. The Hall–Kier alpha value is -1.68. The molecule has 0 fully saturated rings. The zero-order valence-corrected chi connectivity index (χ0v) is 13.3. The molecule has 2 heterocycles. The largest absolute Gasteiger partial charge is 0.321 e. The van der Waals surface area contributed by atoms with Gasteiger partial charge < -0.3 is 10.3 Å². The summed E-state index contributed by atoms with van der Waals surface area (Å²) in [6.07, 6.45) is 0.987. The molecule has 0 saturated carbocycles. The van der Waals surface area contributed by atoms with Crippen molar-refractivity contribution in [2.24, 2.45) is 11.7 Å². The molecule has 0 amide bonds. The van der Waals surface area contributed by atoms with Gasteiger partial charge in [-0.1, -0.05) is 52.0 Å². The predicted octanol–water partition coefficient (Wildman–Crippen LogP) is 3.28. The minimum atomic E-state index is 0.00356. The quantitative estimate of drug-likeness (QED) is 0.874. The van der Waals surface area contributed by atoms with E-state index in [1.807, 2.05) is 0 Å². The van der Waals surface area contributed by atoms with Gasteiger partial charge in [-0.25, -0.2) is 0 Å². The van der Waals surface area contributed by atoms with E-state index in [-0.39, 0.29) is 11.5 Å². The highest BCUT2D eigenvalue weighted by Gasteiger charge is 2.27. The number of nitrogens with zero attached hydrogens (tertiary/aromatic N) is 3. The maximum atomic E-state index is 6.19. The summed E-state index contributed by atoms with van der Waals surface area (Å²) in [6, 6.07) is 8.65. The average molecular weight is 284 g/mol. The number of benzene rings is 1. The molecule has 2 atom stereocenters. The van der Waals surface area contributed by atoms with Crippen LogP contribution < -0.4 is 5.73 Å². The lowest BCUT2D eigenvalue weighted by molar-refractivity contribution is 0.348. The molecule has 4 nitrogen and oxygen atoms in total. The first kappa shape index (κ1) is 14.3. The highest BCUT2D eigenvalue weighted by molar-refractivity contribution is 5.56. The van der Waals surface area contributed by atoms with E-state index in [1.165, 1.54) is 5.56 Å². The minimum Gasteiger partial charge on any atom is -0.321 e. The Kier molecular flexibility index (Phi) is 3.36. The zero-order valence-electron chi connectivity index (χ0n) is 13.3. The molecule has 1 aliphatic heterocycles. The van der Waals surface area contributed by atoms with Crippen LogP contribution in [0.5, 0.6) is 0 Å². The summed E-state index contributed by atoms with van der Waals surface area (Å²) in [4.78, 5) is 0. The van der Waals surface area contributed by atoms with Crippen LogP contribution in [0.3, 0.4) is 0 Å². The second kappa shape index (κ2) is 4.95. The molecule has 1 aromatic carbocycles. The lowest BCUT2D eigenvalue weighted by atomic mass is 9.86. The Morgan fingerprint density at radius 3 is 2.43 bits per heavy atom. The number of hydrogen-bond donors (Lipinski definition) is 1. The third kappa shape index (κ3) is 2.60. The molecule has 1 aliphatic rings. The van der Waals surface area contributed by atoms with Gasteiger partial charge in [0.25, 0.3) is 0 Å². The molecule has 0 radical (unpaired) electrons. The molecule has 0 saturated heterocycles. The Bertz CT molecular complexity index is 634. The number of aromatic nitrogens is 3. The normalized spacial score (nSPS) is 22.1. The fourth-order valence-corrected chi connectivity index (χ4v) is 3.03. The molecule has 0 aliphatic carbocycles. The van der Waals surface area contributed by atoms with Gasteiger partial charge in [0.2, 0.25) is 0 Å². The van der Waals surface area contributed by atoms with Crippen molar-refractivity contribution < 1.29 is 0 Å². The topological polar surface area (TPSA) is 56.7 Å². The SMILES string of the molecule is CC1CC(N)c2nnc(-c3ccc(C(C)(C)C)cc3)n2C1. The van der Waals surface area contributed by atoms with Gasteiger partial charge in [0, 0.05) is 12.1 Å². The van der Waals surface area contributed by atoms with Crippen molar-refractivity contribution in [1.29, 1.82) is 0 Å². The smallest absolute Gasteiger partial charge is 0.164 e. The molecule has 3 rings (SSSR count). The molecular weight excluding hydrogens is 260 g/mol. The first-order valence-electron chi connectivity index (χ1n) is 7.66. The second-order valence-corrected chi connectivity index (χ2v) is 7.27. The van der Waals surface area contributed by atoms with Crippen LogP contribution in [0, 0.1) is 5.92 Å². The van der Waals surface area contributed by atoms with Crippen LogP contribution in [0.1, 0.15) is 51.5 Å². The lowest BCUT2D eigenvalue weighted by Crippen LogP contribution is -2.27. The number of fused-ring (bicyclic) bond motifs is 1. The number of rotatable bonds is 1. The van der Waals surface area contributed by atoms with Gasteiger partial charge in [-0.3, -0.25) is 0 Å². The molecule has 2 unspecified atom stereocenters. The van der Waals surface area contributed by atoms with Crippen molar-refractivity contribution in [3.05, 3.63) is 35.7 Å². The summed E-state index contributed by atoms with van der Waals surface area (Å²) in [6.45, 7) is 9.85. The number of nitrogens with two attached hydrogens (primary N) is 1. The summed E-state index contributed by atoms with van der Waals surface area (Å²) < 4.78 is 2.19. The van der Waals surface area contributed by atoms with Gasteiger partial charge in [0.15, 0.2) is 5.82 Å². The van der Waals surface area contributed by atoms with E-state index >= 15 is 0 Å². The van der Waals surface area contributed by atoms with E-state index in [0.717, 1.165) is 30.2 Å². The minimum absolute atomic E-state index is 0.00356. The van der Waals surface area contributed by atoms with Crippen molar-refractivity contribution in [2.75, 3.05) is 0 Å². The molecule has 1 aromatic heterocycles. The Morgan fingerprint density at radius 2 is 1.81 bits per heavy atom. The molecule has 4 heteroatoms. The van der Waals surface area contributed by atoms with Crippen molar-refractivity contribution >= 4 is 0 Å². The van der Waals surface area contributed by atoms with E-state index in [0.29, 0.717) is 5.92 Å². The Morgan fingerprint density at radius 1 is 1.14 bits per heavy atom. The van der Waals surface area contributed by atoms with Gasteiger partial charge in [-0.05, 0) is 23.3 Å². The van der Waals surface area contributed by atoms with E-state index < -0.39 is 0 Å².